The van der Waals surface area contributed by atoms with Crippen molar-refractivity contribution in [2.24, 2.45) is 0 Å². The van der Waals surface area contributed by atoms with Crippen LogP contribution in [0.15, 0.2) is 40.9 Å². The predicted molar refractivity (Wildman–Crippen MR) is 116 cm³/mol. The SMILES string of the molecule is Cc1cccc(C(C)C)c1NC(=O)CSc1nnc(-c2cccs2)n1C1CC1. The van der Waals surface area contributed by atoms with Gasteiger partial charge in [0.15, 0.2) is 11.0 Å². The molecular weight excluding hydrogens is 388 g/mol. The molecule has 1 N–H and O–H groups in total. The van der Waals surface area contributed by atoms with Gasteiger partial charge in [-0.25, -0.2) is 0 Å². The zero-order valence-electron chi connectivity index (χ0n) is 16.3. The summed E-state index contributed by atoms with van der Waals surface area (Å²) in [5.74, 6) is 1.58. The number of hydrogen-bond acceptors (Lipinski definition) is 5. The van der Waals surface area contributed by atoms with Gasteiger partial charge < -0.3 is 5.32 Å². The summed E-state index contributed by atoms with van der Waals surface area (Å²) in [5.41, 5.74) is 3.19. The van der Waals surface area contributed by atoms with Crippen LogP contribution < -0.4 is 5.32 Å². The average Bonchev–Trinajstić information content (AvgIpc) is 3.18. The molecule has 1 aliphatic carbocycles. The number of anilines is 1. The molecule has 1 saturated carbocycles. The van der Waals surface area contributed by atoms with Crippen LogP contribution >= 0.6 is 23.1 Å². The van der Waals surface area contributed by atoms with Crippen molar-refractivity contribution in [1.29, 1.82) is 0 Å². The molecule has 0 atom stereocenters. The molecule has 5 nitrogen and oxygen atoms in total. The lowest BCUT2D eigenvalue weighted by Crippen LogP contribution is -2.17. The number of aromatic nitrogens is 3. The molecule has 146 valence electrons. The normalized spacial score (nSPS) is 13.9. The van der Waals surface area contributed by atoms with Gasteiger partial charge in [0, 0.05) is 11.7 Å². The van der Waals surface area contributed by atoms with Crippen molar-refractivity contribution in [1.82, 2.24) is 14.8 Å². The smallest absolute Gasteiger partial charge is 0.234 e. The second-order valence-corrected chi connectivity index (χ2v) is 9.31. The van der Waals surface area contributed by atoms with E-state index >= 15 is 0 Å². The fourth-order valence-corrected chi connectivity index (χ4v) is 4.77. The molecule has 1 aliphatic rings. The Morgan fingerprint density at radius 2 is 2.11 bits per heavy atom. The molecule has 1 fully saturated rings. The molecule has 1 amide bonds. The van der Waals surface area contributed by atoms with Crippen molar-refractivity contribution < 1.29 is 4.79 Å². The van der Waals surface area contributed by atoms with Gasteiger partial charge in [0.1, 0.15) is 0 Å². The first-order valence-corrected chi connectivity index (χ1v) is 11.4. The number of benzene rings is 1. The summed E-state index contributed by atoms with van der Waals surface area (Å²) in [7, 11) is 0. The van der Waals surface area contributed by atoms with E-state index in [0.29, 0.717) is 17.7 Å². The van der Waals surface area contributed by atoms with Crippen LogP contribution in [0.25, 0.3) is 10.7 Å². The summed E-state index contributed by atoms with van der Waals surface area (Å²) >= 11 is 3.13. The summed E-state index contributed by atoms with van der Waals surface area (Å²) < 4.78 is 2.21. The third-order valence-corrected chi connectivity index (χ3v) is 6.65. The Morgan fingerprint density at radius 3 is 2.79 bits per heavy atom. The minimum atomic E-state index is -0.00998. The van der Waals surface area contributed by atoms with E-state index < -0.39 is 0 Å². The van der Waals surface area contributed by atoms with Gasteiger partial charge in [-0.1, -0.05) is 49.9 Å². The molecule has 2 heterocycles. The maximum Gasteiger partial charge on any atom is 0.234 e. The van der Waals surface area contributed by atoms with E-state index in [1.165, 1.54) is 17.3 Å². The van der Waals surface area contributed by atoms with Crippen molar-refractivity contribution >= 4 is 34.7 Å². The van der Waals surface area contributed by atoms with Crippen molar-refractivity contribution in [3.05, 3.63) is 46.8 Å². The van der Waals surface area contributed by atoms with Crippen LogP contribution in [-0.4, -0.2) is 26.4 Å². The van der Waals surface area contributed by atoms with E-state index in [9.17, 15) is 4.79 Å². The lowest BCUT2D eigenvalue weighted by molar-refractivity contribution is -0.113. The van der Waals surface area contributed by atoms with Crippen molar-refractivity contribution in [2.45, 2.75) is 50.7 Å². The number of rotatable bonds is 7. The Labute approximate surface area is 173 Å². The first kappa shape index (κ1) is 19.2. The number of carbonyl (C=O) groups is 1. The molecule has 0 radical (unpaired) electrons. The topological polar surface area (TPSA) is 59.8 Å². The highest BCUT2D eigenvalue weighted by Crippen LogP contribution is 2.41. The van der Waals surface area contributed by atoms with Crippen molar-refractivity contribution in [2.75, 3.05) is 11.1 Å². The lowest BCUT2D eigenvalue weighted by Gasteiger charge is -2.16. The molecule has 28 heavy (non-hydrogen) atoms. The number of thiophene rings is 1. The van der Waals surface area contributed by atoms with Crippen LogP contribution in [0.1, 0.15) is 49.8 Å². The van der Waals surface area contributed by atoms with Crippen LogP contribution in [0.4, 0.5) is 5.69 Å². The zero-order chi connectivity index (χ0) is 19.7. The third-order valence-electron chi connectivity index (χ3n) is 4.84. The largest absolute Gasteiger partial charge is 0.325 e. The first-order valence-electron chi connectivity index (χ1n) is 9.55. The molecule has 3 aromatic rings. The molecule has 4 rings (SSSR count). The van der Waals surface area contributed by atoms with E-state index in [4.69, 9.17) is 0 Å². The number of thioether (sulfide) groups is 1. The van der Waals surface area contributed by atoms with Gasteiger partial charge in [0.25, 0.3) is 0 Å². The molecule has 1 aromatic carbocycles. The fourth-order valence-electron chi connectivity index (χ4n) is 3.26. The summed E-state index contributed by atoms with van der Waals surface area (Å²) in [5, 5.41) is 14.8. The number of nitrogens with zero attached hydrogens (tertiary/aromatic N) is 3. The number of hydrogen-bond donors (Lipinski definition) is 1. The number of amides is 1. The molecule has 0 saturated heterocycles. The molecule has 0 bridgehead atoms. The Balaban J connectivity index is 1.48. The van der Waals surface area contributed by atoms with E-state index in [1.807, 2.05) is 25.1 Å². The van der Waals surface area contributed by atoms with Gasteiger partial charge in [0.05, 0.1) is 10.6 Å². The summed E-state index contributed by atoms with van der Waals surface area (Å²) in [6, 6.07) is 10.7. The van der Waals surface area contributed by atoms with Gasteiger partial charge in [-0.05, 0) is 48.3 Å². The second-order valence-electron chi connectivity index (χ2n) is 7.42. The van der Waals surface area contributed by atoms with Gasteiger partial charge in [-0.3, -0.25) is 9.36 Å². The van der Waals surface area contributed by atoms with Gasteiger partial charge in [-0.2, -0.15) is 0 Å². The van der Waals surface area contributed by atoms with Crippen LogP contribution in [0.3, 0.4) is 0 Å². The first-order chi connectivity index (χ1) is 13.5. The van der Waals surface area contributed by atoms with Crippen LogP contribution in [0, 0.1) is 6.92 Å². The average molecular weight is 413 g/mol. The lowest BCUT2D eigenvalue weighted by atomic mass is 9.98. The predicted octanol–water partition coefficient (Wildman–Crippen LogP) is 5.50. The number of aryl methyl sites for hydroxylation is 1. The number of para-hydroxylation sites is 1. The number of carbonyl (C=O) groups excluding carboxylic acids is 1. The third kappa shape index (κ3) is 4.00. The molecule has 0 spiro atoms. The minimum Gasteiger partial charge on any atom is -0.325 e. The van der Waals surface area contributed by atoms with Gasteiger partial charge >= 0.3 is 0 Å². The van der Waals surface area contributed by atoms with Crippen LogP contribution in [0.2, 0.25) is 0 Å². The summed E-state index contributed by atoms with van der Waals surface area (Å²) in [6.45, 7) is 6.32. The highest BCUT2D eigenvalue weighted by molar-refractivity contribution is 7.99. The van der Waals surface area contributed by atoms with Crippen molar-refractivity contribution in [3.8, 4) is 10.7 Å². The molecule has 7 heteroatoms. The monoisotopic (exact) mass is 412 g/mol. The van der Waals surface area contributed by atoms with Crippen LogP contribution in [0.5, 0.6) is 0 Å². The minimum absolute atomic E-state index is 0.00998. The molecular formula is C21H24N4OS2. The Morgan fingerprint density at radius 1 is 1.29 bits per heavy atom. The van der Waals surface area contributed by atoms with Gasteiger partial charge in [-0.15, -0.1) is 21.5 Å². The molecule has 0 unspecified atom stereocenters. The zero-order valence-corrected chi connectivity index (χ0v) is 17.9. The Hall–Kier alpha value is -2.12. The Kier molecular flexibility index (Phi) is 5.55. The van der Waals surface area contributed by atoms with Crippen LogP contribution in [-0.2, 0) is 4.79 Å². The Bertz CT molecular complexity index is 974. The maximum absolute atomic E-state index is 12.7. The fraction of sp³-hybridized carbons (Fsp3) is 0.381. The van der Waals surface area contributed by atoms with Crippen molar-refractivity contribution in [3.63, 3.8) is 0 Å². The number of nitrogens with one attached hydrogen (secondary N) is 1. The maximum atomic E-state index is 12.7. The van der Waals surface area contributed by atoms with E-state index in [-0.39, 0.29) is 5.91 Å². The standard InChI is InChI=1S/C21H24N4OS2/c1-13(2)16-7-4-6-14(3)19(16)22-18(26)12-28-21-24-23-20(17-8-5-11-27-17)25(21)15-9-10-15/h4-8,11,13,15H,9-10,12H2,1-3H3,(H,22,26). The summed E-state index contributed by atoms with van der Waals surface area (Å²) in [4.78, 5) is 13.8. The second kappa shape index (κ2) is 8.09. The van der Waals surface area contributed by atoms with E-state index in [1.54, 1.807) is 11.3 Å². The molecule has 0 aliphatic heterocycles. The highest BCUT2D eigenvalue weighted by atomic mass is 32.2. The highest BCUT2D eigenvalue weighted by Gasteiger charge is 2.30. The van der Waals surface area contributed by atoms with E-state index in [2.05, 4.69) is 51.4 Å². The molecule has 2 aromatic heterocycles. The quantitative estimate of drug-likeness (QED) is 0.520. The van der Waals surface area contributed by atoms with E-state index in [0.717, 1.165) is 40.0 Å². The summed E-state index contributed by atoms with van der Waals surface area (Å²) in [6.07, 6.45) is 2.30. The van der Waals surface area contributed by atoms with Gasteiger partial charge in [0.2, 0.25) is 5.91 Å².